The molecular weight excluding hydrogens is 284 g/mol. The van der Waals surface area contributed by atoms with Gasteiger partial charge < -0.3 is 0 Å². The molecule has 3 rings (SSSR count). The van der Waals surface area contributed by atoms with Crippen molar-refractivity contribution >= 4 is 18.1 Å². The van der Waals surface area contributed by atoms with Gasteiger partial charge in [-0.15, -0.1) is 10.6 Å². The number of H-pyrrole nitrogens is 1. The maximum absolute atomic E-state index is 5.60. The number of aromatic amines is 1. The summed E-state index contributed by atoms with van der Waals surface area (Å²) >= 11 is 5.60. The van der Waals surface area contributed by atoms with Gasteiger partial charge in [0.05, 0.1) is 11.3 Å². The minimum Gasteiger partial charge on any atom is -0.299 e. The predicted molar refractivity (Wildman–Crippen MR) is 85.6 cm³/mol. The molecule has 2 aromatic rings. The quantitative estimate of drug-likeness (QED) is 0.761. The average Bonchev–Trinajstić information content (AvgIpc) is 3.03. The van der Waals surface area contributed by atoms with Crippen molar-refractivity contribution in [1.82, 2.24) is 25.9 Å². The Morgan fingerprint density at radius 3 is 2.57 bits per heavy atom. The molecule has 7 heteroatoms. The molecule has 3 N–H and O–H groups in total. The van der Waals surface area contributed by atoms with Gasteiger partial charge in [0.2, 0.25) is 0 Å². The van der Waals surface area contributed by atoms with Crippen molar-refractivity contribution in [2.75, 3.05) is 6.54 Å². The SMILES string of the molecule is CCN1NNN=C1c1c[nH]n(-c2cc(C)cc(C)c2)c1=S. The molecule has 0 aliphatic carbocycles. The third kappa shape index (κ3) is 2.45. The molecule has 0 saturated carbocycles. The summed E-state index contributed by atoms with van der Waals surface area (Å²) in [7, 11) is 0. The molecule has 110 valence electrons. The molecule has 1 aromatic carbocycles. The number of nitrogens with one attached hydrogen (secondary N) is 3. The summed E-state index contributed by atoms with van der Waals surface area (Å²) in [4.78, 5) is 0. The fourth-order valence-corrected chi connectivity index (χ4v) is 2.80. The number of hydrogen-bond acceptors (Lipinski definition) is 5. The summed E-state index contributed by atoms with van der Waals surface area (Å²) in [6.07, 6.45) is 1.89. The van der Waals surface area contributed by atoms with Crippen molar-refractivity contribution in [1.29, 1.82) is 0 Å². The zero-order valence-corrected chi connectivity index (χ0v) is 13.1. The Bertz CT molecular complexity index is 737. The lowest BCUT2D eigenvalue weighted by Crippen LogP contribution is -2.40. The molecule has 1 aliphatic rings. The van der Waals surface area contributed by atoms with Gasteiger partial charge in [0.1, 0.15) is 4.64 Å². The molecule has 21 heavy (non-hydrogen) atoms. The fourth-order valence-electron chi connectivity index (χ4n) is 2.49. The molecule has 0 saturated heterocycles. The Balaban J connectivity index is 2.06. The zero-order valence-electron chi connectivity index (χ0n) is 12.3. The normalized spacial score (nSPS) is 14.2. The highest BCUT2D eigenvalue weighted by molar-refractivity contribution is 7.71. The van der Waals surface area contributed by atoms with Crippen molar-refractivity contribution < 1.29 is 0 Å². The van der Waals surface area contributed by atoms with E-state index in [2.05, 4.69) is 53.3 Å². The first-order valence-electron chi connectivity index (χ1n) is 6.85. The number of aromatic nitrogens is 2. The van der Waals surface area contributed by atoms with Crippen LogP contribution in [0.1, 0.15) is 23.6 Å². The lowest BCUT2D eigenvalue weighted by Gasteiger charge is -2.14. The van der Waals surface area contributed by atoms with Crippen molar-refractivity contribution in [2.24, 2.45) is 5.10 Å². The van der Waals surface area contributed by atoms with Gasteiger partial charge in [-0.3, -0.25) is 10.1 Å². The van der Waals surface area contributed by atoms with E-state index in [-0.39, 0.29) is 0 Å². The minimum absolute atomic E-state index is 0.711. The second kappa shape index (κ2) is 5.34. The van der Waals surface area contributed by atoms with Crippen LogP contribution in [0.25, 0.3) is 5.69 Å². The molecule has 2 heterocycles. The molecule has 0 fully saturated rings. The van der Waals surface area contributed by atoms with Crippen LogP contribution in [-0.2, 0) is 0 Å². The number of nitrogens with zero attached hydrogens (tertiary/aromatic N) is 3. The van der Waals surface area contributed by atoms with E-state index < -0.39 is 0 Å². The van der Waals surface area contributed by atoms with E-state index in [1.54, 1.807) is 0 Å². The van der Waals surface area contributed by atoms with Crippen molar-refractivity contribution in [3.8, 4) is 5.69 Å². The first-order valence-corrected chi connectivity index (χ1v) is 7.26. The molecule has 1 aliphatic heterocycles. The Morgan fingerprint density at radius 2 is 1.90 bits per heavy atom. The number of hydrazone groups is 1. The van der Waals surface area contributed by atoms with E-state index in [0.717, 1.165) is 23.6 Å². The van der Waals surface area contributed by atoms with Gasteiger partial charge >= 0.3 is 0 Å². The van der Waals surface area contributed by atoms with Gasteiger partial charge in [-0.05, 0) is 44.0 Å². The maximum Gasteiger partial charge on any atom is 0.177 e. The largest absolute Gasteiger partial charge is 0.299 e. The molecule has 0 bridgehead atoms. The summed E-state index contributed by atoms with van der Waals surface area (Å²) in [6, 6.07) is 6.35. The molecule has 0 spiro atoms. The third-order valence-corrected chi connectivity index (χ3v) is 3.80. The molecule has 0 radical (unpaired) electrons. The van der Waals surface area contributed by atoms with E-state index in [1.807, 2.05) is 22.8 Å². The van der Waals surface area contributed by atoms with Crippen LogP contribution in [0.4, 0.5) is 0 Å². The number of hydrogen-bond donors (Lipinski definition) is 3. The van der Waals surface area contributed by atoms with Gasteiger partial charge in [-0.1, -0.05) is 18.3 Å². The molecular formula is C14H18N6S. The topological polar surface area (TPSA) is 60.4 Å². The number of hydrazine groups is 2. The second-order valence-electron chi connectivity index (χ2n) is 5.08. The number of rotatable bonds is 3. The number of benzene rings is 1. The van der Waals surface area contributed by atoms with Crippen LogP contribution in [0.3, 0.4) is 0 Å². The van der Waals surface area contributed by atoms with E-state index in [0.29, 0.717) is 4.64 Å². The van der Waals surface area contributed by atoms with Crippen molar-refractivity contribution in [3.63, 3.8) is 0 Å². The minimum atomic E-state index is 0.711. The Kier molecular flexibility index (Phi) is 3.52. The van der Waals surface area contributed by atoms with E-state index >= 15 is 0 Å². The van der Waals surface area contributed by atoms with Gasteiger partial charge in [-0.2, -0.15) is 0 Å². The third-order valence-electron chi connectivity index (χ3n) is 3.40. The van der Waals surface area contributed by atoms with Crippen LogP contribution in [0.2, 0.25) is 0 Å². The van der Waals surface area contributed by atoms with Crippen LogP contribution in [0, 0.1) is 18.5 Å². The van der Waals surface area contributed by atoms with Crippen molar-refractivity contribution in [3.05, 3.63) is 45.7 Å². The number of amidine groups is 1. The van der Waals surface area contributed by atoms with Crippen LogP contribution < -0.4 is 11.1 Å². The summed E-state index contributed by atoms with van der Waals surface area (Å²) in [5.41, 5.74) is 10.1. The zero-order chi connectivity index (χ0) is 15.0. The smallest absolute Gasteiger partial charge is 0.177 e. The predicted octanol–water partition coefficient (Wildman–Crippen LogP) is 2.16. The summed E-state index contributed by atoms with van der Waals surface area (Å²) < 4.78 is 2.61. The summed E-state index contributed by atoms with van der Waals surface area (Å²) in [5.74, 6) is 0.793. The average molecular weight is 302 g/mol. The van der Waals surface area contributed by atoms with Gasteiger partial charge in [-0.25, -0.2) is 10.2 Å². The molecule has 6 nitrogen and oxygen atoms in total. The number of aryl methyl sites for hydroxylation is 2. The first-order chi connectivity index (χ1) is 10.1. The van der Waals surface area contributed by atoms with Gasteiger partial charge in [0.15, 0.2) is 5.84 Å². The second-order valence-corrected chi connectivity index (χ2v) is 5.46. The Morgan fingerprint density at radius 1 is 1.19 bits per heavy atom. The maximum atomic E-state index is 5.60. The lowest BCUT2D eigenvalue weighted by atomic mass is 10.1. The van der Waals surface area contributed by atoms with Gasteiger partial charge in [0.25, 0.3) is 0 Å². The van der Waals surface area contributed by atoms with E-state index in [1.165, 1.54) is 11.1 Å². The molecule has 0 unspecified atom stereocenters. The molecule has 1 aromatic heterocycles. The summed E-state index contributed by atoms with van der Waals surface area (Å²) in [6.45, 7) is 6.99. The van der Waals surface area contributed by atoms with Crippen molar-refractivity contribution in [2.45, 2.75) is 20.8 Å². The molecule has 0 atom stereocenters. The standard InChI is InChI=1S/C14H18N6S/c1-4-19-13(16-17-18-19)12-8-15-20(14(12)21)11-6-9(2)5-10(3)7-11/h5-8,15,17-18H,4H2,1-3H3. The Labute approximate surface area is 128 Å². The highest BCUT2D eigenvalue weighted by Crippen LogP contribution is 2.16. The molecule has 0 amide bonds. The van der Waals surface area contributed by atoms with Crippen LogP contribution >= 0.6 is 12.2 Å². The monoisotopic (exact) mass is 302 g/mol. The fraction of sp³-hybridized carbons (Fsp3) is 0.286. The van der Waals surface area contributed by atoms with Crippen LogP contribution in [-0.4, -0.2) is 27.2 Å². The Hall–Kier alpha value is -2.12. The first kappa shape index (κ1) is 13.8. The van der Waals surface area contributed by atoms with E-state index in [4.69, 9.17) is 12.2 Å². The highest BCUT2D eigenvalue weighted by atomic mass is 32.1. The van der Waals surface area contributed by atoms with E-state index in [9.17, 15) is 0 Å². The van der Waals surface area contributed by atoms with Gasteiger partial charge in [0, 0.05) is 12.7 Å². The lowest BCUT2D eigenvalue weighted by molar-refractivity contribution is 0.308. The van der Waals surface area contributed by atoms with Crippen LogP contribution in [0.15, 0.2) is 29.5 Å². The summed E-state index contributed by atoms with van der Waals surface area (Å²) in [5, 5.41) is 9.37. The highest BCUT2D eigenvalue weighted by Gasteiger charge is 2.20. The van der Waals surface area contributed by atoms with Crippen LogP contribution in [0.5, 0.6) is 0 Å².